The average molecular weight is 392 g/mol. The molecule has 1 amide bonds. The summed E-state index contributed by atoms with van der Waals surface area (Å²) < 4.78 is 5.86. The SMILES string of the molecule is CC(C)(C)c1ccc(Oc2ccc(NC(=O)[C@H]3CC=CC[C@@H]3C(=O)[O-])cc2)cc1. The first-order valence-corrected chi connectivity index (χ1v) is 9.79. The molecule has 0 unspecified atom stereocenters. The lowest BCUT2D eigenvalue weighted by Crippen LogP contribution is -2.41. The Morgan fingerprint density at radius 1 is 0.897 bits per heavy atom. The van der Waals surface area contributed by atoms with Crippen molar-refractivity contribution in [2.75, 3.05) is 5.32 Å². The lowest BCUT2D eigenvalue weighted by Gasteiger charge is -2.28. The molecular weight excluding hydrogens is 366 g/mol. The summed E-state index contributed by atoms with van der Waals surface area (Å²) in [5.41, 5.74) is 1.91. The van der Waals surface area contributed by atoms with Gasteiger partial charge in [-0.15, -0.1) is 0 Å². The Morgan fingerprint density at radius 3 is 1.93 bits per heavy atom. The number of anilines is 1. The highest BCUT2D eigenvalue weighted by Gasteiger charge is 2.29. The number of allylic oxidation sites excluding steroid dienone is 2. The third-order valence-corrected chi connectivity index (χ3v) is 5.15. The van der Waals surface area contributed by atoms with Crippen molar-refractivity contribution >= 4 is 17.6 Å². The number of hydrogen-bond acceptors (Lipinski definition) is 4. The van der Waals surface area contributed by atoms with E-state index in [1.165, 1.54) is 5.56 Å². The average Bonchev–Trinajstić information content (AvgIpc) is 2.69. The van der Waals surface area contributed by atoms with Crippen LogP contribution in [0.15, 0.2) is 60.7 Å². The van der Waals surface area contributed by atoms with Crippen LogP contribution < -0.4 is 15.2 Å². The first-order valence-electron chi connectivity index (χ1n) is 9.79. The Balaban J connectivity index is 1.62. The van der Waals surface area contributed by atoms with E-state index in [0.717, 1.165) is 5.75 Å². The van der Waals surface area contributed by atoms with Crippen LogP contribution in [0.2, 0.25) is 0 Å². The second-order valence-corrected chi connectivity index (χ2v) is 8.36. The number of ether oxygens (including phenoxy) is 1. The van der Waals surface area contributed by atoms with E-state index in [-0.39, 0.29) is 11.3 Å². The summed E-state index contributed by atoms with van der Waals surface area (Å²) >= 11 is 0. The molecule has 5 nitrogen and oxygen atoms in total. The number of carboxylic acids is 1. The second-order valence-electron chi connectivity index (χ2n) is 8.36. The quantitative estimate of drug-likeness (QED) is 0.779. The largest absolute Gasteiger partial charge is 0.550 e. The first kappa shape index (κ1) is 20.6. The highest BCUT2D eigenvalue weighted by molar-refractivity contribution is 5.95. The normalized spacial score (nSPS) is 18.9. The molecule has 1 N–H and O–H groups in total. The van der Waals surface area contributed by atoms with Crippen LogP contribution in [0.4, 0.5) is 5.69 Å². The second kappa shape index (κ2) is 8.52. The van der Waals surface area contributed by atoms with Crippen LogP contribution in [0.25, 0.3) is 0 Å². The van der Waals surface area contributed by atoms with Gasteiger partial charge < -0.3 is 20.0 Å². The van der Waals surface area contributed by atoms with Crippen LogP contribution in [0, 0.1) is 11.8 Å². The van der Waals surface area contributed by atoms with Crippen molar-refractivity contribution in [2.45, 2.75) is 39.0 Å². The van der Waals surface area contributed by atoms with Crippen molar-refractivity contribution in [3.63, 3.8) is 0 Å². The van der Waals surface area contributed by atoms with Crippen LogP contribution >= 0.6 is 0 Å². The van der Waals surface area contributed by atoms with Gasteiger partial charge in [-0.05, 0) is 60.2 Å². The summed E-state index contributed by atoms with van der Waals surface area (Å²) in [6.07, 6.45) is 4.34. The minimum atomic E-state index is -1.18. The van der Waals surface area contributed by atoms with E-state index in [2.05, 4.69) is 38.2 Å². The predicted octanol–water partition coefficient (Wildman–Crippen LogP) is 4.05. The third kappa shape index (κ3) is 5.25. The van der Waals surface area contributed by atoms with Gasteiger partial charge in [0, 0.05) is 17.6 Å². The molecule has 5 heteroatoms. The Morgan fingerprint density at radius 2 is 1.41 bits per heavy atom. The zero-order chi connectivity index (χ0) is 21.0. The van der Waals surface area contributed by atoms with Crippen molar-refractivity contribution in [1.29, 1.82) is 0 Å². The fourth-order valence-electron chi connectivity index (χ4n) is 3.36. The molecule has 2 aromatic carbocycles. The highest BCUT2D eigenvalue weighted by atomic mass is 16.5. The molecular formula is C24H26NO4-. The van der Waals surface area contributed by atoms with Gasteiger partial charge in [0.1, 0.15) is 11.5 Å². The molecule has 0 spiro atoms. The van der Waals surface area contributed by atoms with Gasteiger partial charge in [0.25, 0.3) is 0 Å². The number of hydrogen-bond donors (Lipinski definition) is 1. The fourth-order valence-corrected chi connectivity index (χ4v) is 3.36. The summed E-state index contributed by atoms with van der Waals surface area (Å²) in [4.78, 5) is 23.8. The van der Waals surface area contributed by atoms with E-state index in [4.69, 9.17) is 4.74 Å². The first-order chi connectivity index (χ1) is 13.7. The van der Waals surface area contributed by atoms with E-state index < -0.39 is 17.8 Å². The van der Waals surface area contributed by atoms with Gasteiger partial charge in [-0.25, -0.2) is 0 Å². The third-order valence-electron chi connectivity index (χ3n) is 5.15. The van der Waals surface area contributed by atoms with E-state index >= 15 is 0 Å². The van der Waals surface area contributed by atoms with Gasteiger partial charge >= 0.3 is 0 Å². The maximum Gasteiger partial charge on any atom is 0.228 e. The lowest BCUT2D eigenvalue weighted by molar-refractivity contribution is -0.313. The smallest absolute Gasteiger partial charge is 0.228 e. The van der Waals surface area contributed by atoms with Crippen LogP contribution in [0.1, 0.15) is 39.2 Å². The van der Waals surface area contributed by atoms with Crippen molar-refractivity contribution in [2.24, 2.45) is 11.8 Å². The van der Waals surface area contributed by atoms with Crippen LogP contribution in [0.3, 0.4) is 0 Å². The van der Waals surface area contributed by atoms with Gasteiger partial charge in [-0.3, -0.25) is 4.79 Å². The summed E-state index contributed by atoms with van der Waals surface area (Å²) in [6.45, 7) is 6.48. The minimum Gasteiger partial charge on any atom is -0.550 e. The molecule has 0 fully saturated rings. The molecule has 3 rings (SSSR count). The molecule has 1 aliphatic rings. The van der Waals surface area contributed by atoms with Crippen molar-refractivity contribution in [1.82, 2.24) is 0 Å². The minimum absolute atomic E-state index is 0.0855. The molecule has 0 saturated carbocycles. The number of aliphatic carboxylic acids is 1. The molecule has 1 aliphatic carbocycles. The maximum atomic E-state index is 12.5. The Hall–Kier alpha value is -3.08. The fraction of sp³-hybridized carbons (Fsp3) is 0.333. The number of carboxylic acid groups (broad SMARTS) is 1. The molecule has 0 aliphatic heterocycles. The van der Waals surface area contributed by atoms with Crippen LogP contribution in [-0.2, 0) is 15.0 Å². The number of benzene rings is 2. The number of nitrogens with one attached hydrogen (secondary N) is 1. The molecule has 2 aromatic rings. The van der Waals surface area contributed by atoms with Gasteiger partial charge in [0.2, 0.25) is 5.91 Å². The lowest BCUT2D eigenvalue weighted by atomic mass is 9.82. The summed E-state index contributed by atoms with van der Waals surface area (Å²) in [7, 11) is 0. The standard InChI is InChI=1S/C24H27NO4/c1-24(2,3)16-8-12-18(13-9-16)29-19-14-10-17(11-15-19)25-22(26)20-6-4-5-7-21(20)23(27)28/h4-5,8-15,20-21H,6-7H2,1-3H3,(H,25,26)(H,27,28)/p-1/t20-,21-/m0/s1. The van der Waals surface area contributed by atoms with Gasteiger partial charge in [0.05, 0.1) is 5.92 Å². The molecule has 0 saturated heterocycles. The highest BCUT2D eigenvalue weighted by Crippen LogP contribution is 2.29. The monoisotopic (exact) mass is 392 g/mol. The topological polar surface area (TPSA) is 78.5 Å². The van der Waals surface area contributed by atoms with Gasteiger partial charge in [-0.1, -0.05) is 45.1 Å². The molecule has 29 heavy (non-hydrogen) atoms. The summed E-state index contributed by atoms with van der Waals surface area (Å²) in [6, 6.07) is 15.0. The Bertz CT molecular complexity index is 892. The molecule has 152 valence electrons. The number of carbonyl (C=O) groups excluding carboxylic acids is 2. The summed E-state index contributed by atoms with van der Waals surface area (Å²) in [5.74, 6) is -1.52. The van der Waals surface area contributed by atoms with Crippen LogP contribution in [0.5, 0.6) is 11.5 Å². The van der Waals surface area contributed by atoms with E-state index in [1.54, 1.807) is 30.3 Å². The maximum absolute atomic E-state index is 12.5. The molecule has 0 aromatic heterocycles. The molecule has 2 atom stereocenters. The zero-order valence-corrected chi connectivity index (χ0v) is 17.0. The van der Waals surface area contributed by atoms with Crippen molar-refractivity contribution < 1.29 is 19.4 Å². The Kier molecular flexibility index (Phi) is 6.06. The van der Waals surface area contributed by atoms with Crippen molar-refractivity contribution in [3.05, 3.63) is 66.2 Å². The number of amides is 1. The molecule has 0 heterocycles. The number of carbonyl (C=O) groups is 2. The van der Waals surface area contributed by atoms with Gasteiger partial charge in [0.15, 0.2) is 0 Å². The number of rotatable bonds is 5. The van der Waals surface area contributed by atoms with E-state index in [0.29, 0.717) is 24.3 Å². The Labute approximate surface area is 171 Å². The predicted molar refractivity (Wildman–Crippen MR) is 111 cm³/mol. The summed E-state index contributed by atoms with van der Waals surface area (Å²) in [5, 5.41) is 14.1. The van der Waals surface area contributed by atoms with E-state index in [1.807, 2.05) is 18.2 Å². The molecule has 0 radical (unpaired) electrons. The molecule has 0 bridgehead atoms. The van der Waals surface area contributed by atoms with Crippen LogP contribution in [-0.4, -0.2) is 11.9 Å². The van der Waals surface area contributed by atoms with Gasteiger partial charge in [-0.2, -0.15) is 0 Å². The van der Waals surface area contributed by atoms with E-state index in [9.17, 15) is 14.7 Å². The zero-order valence-electron chi connectivity index (χ0n) is 17.0. The van der Waals surface area contributed by atoms with Crippen molar-refractivity contribution in [3.8, 4) is 11.5 Å².